The number of nitrogens with zero attached hydrogens (tertiary/aromatic N) is 2. The first-order chi connectivity index (χ1) is 12.6. The Morgan fingerprint density at radius 1 is 1.23 bits per heavy atom. The molecule has 2 aromatic rings. The van der Waals surface area contributed by atoms with Crippen LogP contribution < -0.4 is 5.32 Å². The maximum Gasteiger partial charge on any atom is 0.337 e. The van der Waals surface area contributed by atoms with Gasteiger partial charge in [-0.05, 0) is 49.2 Å². The van der Waals surface area contributed by atoms with Crippen LogP contribution in [0.1, 0.15) is 40.5 Å². The molecule has 1 aliphatic rings. The van der Waals surface area contributed by atoms with E-state index < -0.39 is 0 Å². The minimum Gasteiger partial charge on any atom is -0.465 e. The molecule has 1 saturated heterocycles. The van der Waals surface area contributed by atoms with Crippen LogP contribution in [0.25, 0.3) is 0 Å². The molecule has 0 saturated carbocycles. The number of hydrogen-bond donors (Lipinski definition) is 1. The number of benzene rings is 1. The molecule has 0 aliphatic carbocycles. The van der Waals surface area contributed by atoms with Crippen molar-refractivity contribution >= 4 is 11.9 Å². The van der Waals surface area contributed by atoms with Gasteiger partial charge in [-0.2, -0.15) is 0 Å². The summed E-state index contributed by atoms with van der Waals surface area (Å²) in [7, 11) is 3.40. The molecule has 1 amide bonds. The van der Waals surface area contributed by atoms with Crippen LogP contribution in [0.4, 0.5) is 0 Å². The molecule has 1 aromatic carbocycles. The molecule has 0 unspecified atom stereocenters. The quantitative estimate of drug-likeness (QED) is 0.808. The highest BCUT2D eigenvalue weighted by Crippen LogP contribution is 2.31. The Morgan fingerprint density at radius 3 is 2.65 bits per heavy atom. The molecule has 0 bridgehead atoms. The van der Waals surface area contributed by atoms with Crippen LogP contribution in [0, 0.1) is 0 Å². The maximum absolute atomic E-state index is 12.4. The predicted molar refractivity (Wildman–Crippen MR) is 98.6 cm³/mol. The molecule has 1 aliphatic heterocycles. The predicted octanol–water partition coefficient (Wildman–Crippen LogP) is 2.26. The molecule has 3 rings (SSSR count). The summed E-state index contributed by atoms with van der Waals surface area (Å²) in [6.45, 7) is 1.79. The lowest BCUT2D eigenvalue weighted by Crippen LogP contribution is -2.37. The Balaban J connectivity index is 1.52. The molecule has 1 N–H and O–H groups in total. The van der Waals surface area contributed by atoms with Gasteiger partial charge in [-0.3, -0.25) is 9.69 Å². The van der Waals surface area contributed by atoms with Gasteiger partial charge in [-0.1, -0.05) is 12.1 Å². The van der Waals surface area contributed by atoms with E-state index in [0.717, 1.165) is 24.9 Å². The molecule has 1 aromatic heterocycles. The first kappa shape index (κ1) is 18.2. The normalized spacial score (nSPS) is 17.2. The fraction of sp³-hybridized carbons (Fsp3) is 0.400. The number of aryl methyl sites for hydroxylation is 1. The van der Waals surface area contributed by atoms with Gasteiger partial charge < -0.3 is 14.6 Å². The second kappa shape index (κ2) is 8.19. The minimum atomic E-state index is -0.360. The Labute approximate surface area is 153 Å². The van der Waals surface area contributed by atoms with Crippen molar-refractivity contribution in [2.75, 3.05) is 20.2 Å². The number of nitrogens with one attached hydrogen (secondary N) is 1. The zero-order valence-electron chi connectivity index (χ0n) is 15.3. The SMILES string of the molecule is COC(=O)c1ccc(CNC(=O)CN2CCC[C@@H]2c2cccn2C)cc1. The Hall–Kier alpha value is -2.60. The van der Waals surface area contributed by atoms with Crippen LogP contribution >= 0.6 is 0 Å². The van der Waals surface area contributed by atoms with E-state index in [1.54, 1.807) is 12.1 Å². The van der Waals surface area contributed by atoms with E-state index in [4.69, 9.17) is 0 Å². The molecule has 0 radical (unpaired) electrons. The molecule has 1 atom stereocenters. The van der Waals surface area contributed by atoms with Crippen LogP contribution in [0.3, 0.4) is 0 Å². The summed E-state index contributed by atoms with van der Waals surface area (Å²) in [4.78, 5) is 26.0. The van der Waals surface area contributed by atoms with E-state index in [0.29, 0.717) is 24.7 Å². The molecule has 138 valence electrons. The highest BCUT2D eigenvalue weighted by Gasteiger charge is 2.28. The largest absolute Gasteiger partial charge is 0.465 e. The number of likely N-dealkylation sites (tertiary alicyclic amines) is 1. The van der Waals surface area contributed by atoms with Gasteiger partial charge in [0.05, 0.1) is 25.3 Å². The monoisotopic (exact) mass is 355 g/mol. The minimum absolute atomic E-state index is 0.0168. The third-order valence-corrected chi connectivity index (χ3v) is 4.90. The second-order valence-electron chi connectivity index (χ2n) is 6.64. The standard InChI is InChI=1S/C20H25N3O3/c1-22-11-3-5-17(22)18-6-4-12-23(18)14-19(24)21-13-15-7-9-16(10-8-15)20(25)26-2/h3,5,7-11,18H,4,6,12-14H2,1-2H3,(H,21,24)/t18-/m1/s1. The lowest BCUT2D eigenvalue weighted by atomic mass is 10.1. The van der Waals surface area contributed by atoms with E-state index in [9.17, 15) is 9.59 Å². The van der Waals surface area contributed by atoms with E-state index in [2.05, 4.69) is 25.6 Å². The summed E-state index contributed by atoms with van der Waals surface area (Å²) in [5.41, 5.74) is 2.71. The van der Waals surface area contributed by atoms with Crippen molar-refractivity contribution < 1.29 is 14.3 Å². The average Bonchev–Trinajstić information content (AvgIpc) is 3.28. The summed E-state index contributed by atoms with van der Waals surface area (Å²) in [6.07, 6.45) is 4.24. The summed E-state index contributed by atoms with van der Waals surface area (Å²) in [5, 5.41) is 2.97. The number of carbonyl (C=O) groups excluding carboxylic acids is 2. The third-order valence-electron chi connectivity index (χ3n) is 4.90. The van der Waals surface area contributed by atoms with Crippen molar-refractivity contribution in [3.05, 3.63) is 59.4 Å². The summed E-state index contributed by atoms with van der Waals surface area (Å²) >= 11 is 0. The number of aromatic nitrogens is 1. The molecule has 26 heavy (non-hydrogen) atoms. The summed E-state index contributed by atoms with van der Waals surface area (Å²) < 4.78 is 6.81. The van der Waals surface area contributed by atoms with Crippen molar-refractivity contribution in [1.82, 2.24) is 14.8 Å². The molecule has 6 heteroatoms. The average molecular weight is 355 g/mol. The topological polar surface area (TPSA) is 63.6 Å². The molecule has 2 heterocycles. The fourth-order valence-corrected chi connectivity index (χ4v) is 3.49. The Morgan fingerprint density at radius 2 is 2.00 bits per heavy atom. The number of hydrogen-bond acceptors (Lipinski definition) is 4. The zero-order chi connectivity index (χ0) is 18.5. The number of amides is 1. The molecule has 6 nitrogen and oxygen atoms in total. The number of rotatable bonds is 6. The van der Waals surface area contributed by atoms with E-state index in [1.165, 1.54) is 12.8 Å². The van der Waals surface area contributed by atoms with Crippen LogP contribution in [0.5, 0.6) is 0 Å². The smallest absolute Gasteiger partial charge is 0.337 e. The second-order valence-corrected chi connectivity index (χ2v) is 6.64. The number of carbonyl (C=O) groups is 2. The van der Waals surface area contributed by atoms with Crippen molar-refractivity contribution in [1.29, 1.82) is 0 Å². The molecule has 0 spiro atoms. The summed E-state index contributed by atoms with van der Waals surface area (Å²) in [5.74, 6) is -0.343. The van der Waals surface area contributed by atoms with Gasteiger partial charge in [0.25, 0.3) is 0 Å². The van der Waals surface area contributed by atoms with Crippen molar-refractivity contribution in [3.8, 4) is 0 Å². The number of esters is 1. The van der Waals surface area contributed by atoms with E-state index in [1.807, 2.05) is 31.4 Å². The van der Waals surface area contributed by atoms with Crippen molar-refractivity contribution in [2.24, 2.45) is 7.05 Å². The van der Waals surface area contributed by atoms with E-state index in [-0.39, 0.29) is 11.9 Å². The van der Waals surface area contributed by atoms with Gasteiger partial charge in [0, 0.05) is 25.5 Å². The summed E-state index contributed by atoms with van der Waals surface area (Å²) in [6, 6.07) is 11.6. The number of methoxy groups -OCH3 is 1. The van der Waals surface area contributed by atoms with Gasteiger partial charge in [0.15, 0.2) is 0 Å². The molecular formula is C20H25N3O3. The lowest BCUT2D eigenvalue weighted by Gasteiger charge is -2.24. The van der Waals surface area contributed by atoms with Gasteiger partial charge >= 0.3 is 5.97 Å². The lowest BCUT2D eigenvalue weighted by molar-refractivity contribution is -0.122. The van der Waals surface area contributed by atoms with E-state index >= 15 is 0 Å². The first-order valence-corrected chi connectivity index (χ1v) is 8.87. The Bertz CT molecular complexity index is 767. The van der Waals surface area contributed by atoms with Gasteiger partial charge in [0.2, 0.25) is 5.91 Å². The van der Waals surface area contributed by atoms with Crippen LogP contribution in [0.15, 0.2) is 42.6 Å². The van der Waals surface area contributed by atoms with Gasteiger partial charge in [0.1, 0.15) is 0 Å². The highest BCUT2D eigenvalue weighted by atomic mass is 16.5. The number of ether oxygens (including phenoxy) is 1. The highest BCUT2D eigenvalue weighted by molar-refractivity contribution is 5.89. The molecule has 1 fully saturated rings. The van der Waals surface area contributed by atoms with Crippen LogP contribution in [-0.2, 0) is 23.1 Å². The van der Waals surface area contributed by atoms with Gasteiger partial charge in [-0.15, -0.1) is 0 Å². The molecular weight excluding hydrogens is 330 g/mol. The van der Waals surface area contributed by atoms with Crippen LogP contribution in [0.2, 0.25) is 0 Å². The fourth-order valence-electron chi connectivity index (χ4n) is 3.49. The van der Waals surface area contributed by atoms with Gasteiger partial charge in [-0.25, -0.2) is 4.79 Å². The van der Waals surface area contributed by atoms with Crippen LogP contribution in [-0.4, -0.2) is 41.5 Å². The third kappa shape index (κ3) is 4.14. The zero-order valence-corrected chi connectivity index (χ0v) is 15.3. The maximum atomic E-state index is 12.4. The Kier molecular flexibility index (Phi) is 5.73. The van der Waals surface area contributed by atoms with Crippen molar-refractivity contribution in [2.45, 2.75) is 25.4 Å². The van der Waals surface area contributed by atoms with Crippen molar-refractivity contribution in [3.63, 3.8) is 0 Å². The first-order valence-electron chi connectivity index (χ1n) is 8.87.